The molecular weight excluding hydrogens is 456 g/mol. The fourth-order valence-corrected chi connectivity index (χ4v) is 3.98. The summed E-state index contributed by atoms with van der Waals surface area (Å²) < 4.78 is 27.1. The van der Waals surface area contributed by atoms with Gasteiger partial charge in [0.05, 0.1) is 26.4 Å². The van der Waals surface area contributed by atoms with Crippen molar-refractivity contribution in [2.45, 2.75) is 85.8 Å². The van der Waals surface area contributed by atoms with E-state index in [1.807, 2.05) is 0 Å². The molecule has 14 atom stereocenters. The highest BCUT2D eigenvalue weighted by Crippen LogP contribution is 2.30. The van der Waals surface area contributed by atoms with Crippen molar-refractivity contribution < 1.29 is 74.7 Å². The average molecular weight is 488 g/mol. The molecule has 10 N–H and O–H groups in total. The monoisotopic (exact) mass is 488 g/mol. The fraction of sp³-hybridized carbons (Fsp3) is 1.00. The van der Waals surface area contributed by atoms with E-state index >= 15 is 0 Å². The van der Waals surface area contributed by atoms with Gasteiger partial charge in [0.2, 0.25) is 0 Å². The second-order valence-electron chi connectivity index (χ2n) is 8.21. The molecule has 0 unspecified atom stereocenters. The van der Waals surface area contributed by atoms with Crippen LogP contribution < -0.4 is 0 Å². The molecule has 0 bridgehead atoms. The van der Waals surface area contributed by atoms with Crippen molar-refractivity contribution in [1.29, 1.82) is 0 Å². The average Bonchev–Trinajstić information content (AvgIpc) is 2.81. The Balaban J connectivity index is 1.77. The first kappa shape index (κ1) is 27.0. The second-order valence-corrected chi connectivity index (χ2v) is 8.21. The standard InChI is InChI=1S/C18H32O15/c19-1-5-11(24)16(33-18-15(28)13(26)10(23)7(3-21)31-18)8(4-29-5)32-17-14(27)12(25)9(22)6(2-20)30-17/h5-28H,1-4H2/t5-,6-,7-,8-,9-,10-,11-,12+,13+,14-,15-,16-,17-,18+/m1/s1. The first-order valence-corrected chi connectivity index (χ1v) is 10.5. The number of aliphatic hydroxyl groups excluding tert-OH is 10. The summed E-state index contributed by atoms with van der Waals surface area (Å²) in [5, 5.41) is 99.0. The van der Waals surface area contributed by atoms with Gasteiger partial charge in [-0.1, -0.05) is 0 Å². The molecule has 0 aromatic heterocycles. The molecule has 3 fully saturated rings. The molecule has 0 aromatic rings. The molecule has 0 saturated carbocycles. The van der Waals surface area contributed by atoms with Gasteiger partial charge in [0.25, 0.3) is 0 Å². The Morgan fingerprint density at radius 2 is 1.00 bits per heavy atom. The highest BCUT2D eigenvalue weighted by Gasteiger charge is 2.51. The maximum atomic E-state index is 10.6. The van der Waals surface area contributed by atoms with E-state index in [0.717, 1.165) is 0 Å². The van der Waals surface area contributed by atoms with Crippen molar-refractivity contribution in [1.82, 2.24) is 0 Å². The van der Waals surface area contributed by atoms with E-state index in [1.54, 1.807) is 0 Å². The van der Waals surface area contributed by atoms with Gasteiger partial charge < -0.3 is 74.7 Å². The summed E-state index contributed by atoms with van der Waals surface area (Å²) in [7, 11) is 0. The molecule has 3 rings (SSSR count). The van der Waals surface area contributed by atoms with E-state index in [-0.39, 0.29) is 6.61 Å². The van der Waals surface area contributed by atoms with Crippen molar-refractivity contribution in [3.63, 3.8) is 0 Å². The molecule has 33 heavy (non-hydrogen) atoms. The molecule has 0 amide bonds. The van der Waals surface area contributed by atoms with E-state index in [2.05, 4.69) is 0 Å². The highest BCUT2D eigenvalue weighted by atomic mass is 16.7. The predicted octanol–water partition coefficient (Wildman–Crippen LogP) is -6.89. The molecule has 3 aliphatic rings. The van der Waals surface area contributed by atoms with Gasteiger partial charge in [-0.2, -0.15) is 0 Å². The maximum Gasteiger partial charge on any atom is 0.187 e. The third kappa shape index (κ3) is 5.48. The van der Waals surface area contributed by atoms with Gasteiger partial charge in [-0.05, 0) is 0 Å². The maximum absolute atomic E-state index is 10.6. The lowest BCUT2D eigenvalue weighted by molar-refractivity contribution is -0.362. The smallest absolute Gasteiger partial charge is 0.187 e. The van der Waals surface area contributed by atoms with Crippen LogP contribution in [0.5, 0.6) is 0 Å². The van der Waals surface area contributed by atoms with Crippen LogP contribution >= 0.6 is 0 Å². The number of hydrogen-bond donors (Lipinski definition) is 10. The van der Waals surface area contributed by atoms with E-state index in [1.165, 1.54) is 0 Å². The zero-order valence-electron chi connectivity index (χ0n) is 17.4. The van der Waals surface area contributed by atoms with E-state index < -0.39 is 106 Å². The van der Waals surface area contributed by atoms with E-state index in [0.29, 0.717) is 0 Å². The lowest BCUT2D eigenvalue weighted by Gasteiger charge is -2.46. The Morgan fingerprint density at radius 1 is 0.545 bits per heavy atom. The quantitative estimate of drug-likeness (QED) is 0.160. The third-order valence-corrected chi connectivity index (χ3v) is 6.04. The minimum Gasteiger partial charge on any atom is -0.394 e. The third-order valence-electron chi connectivity index (χ3n) is 6.04. The number of aliphatic hydroxyl groups is 10. The van der Waals surface area contributed by atoms with Crippen molar-refractivity contribution >= 4 is 0 Å². The van der Waals surface area contributed by atoms with Crippen molar-refractivity contribution in [2.75, 3.05) is 26.4 Å². The van der Waals surface area contributed by atoms with Crippen LogP contribution in [0, 0.1) is 0 Å². The second kappa shape index (κ2) is 11.4. The zero-order valence-corrected chi connectivity index (χ0v) is 17.4. The van der Waals surface area contributed by atoms with Crippen LogP contribution in [0.15, 0.2) is 0 Å². The van der Waals surface area contributed by atoms with Crippen LogP contribution in [0.25, 0.3) is 0 Å². The summed E-state index contributed by atoms with van der Waals surface area (Å²) in [5.74, 6) is 0. The summed E-state index contributed by atoms with van der Waals surface area (Å²) in [6.45, 7) is -2.38. The van der Waals surface area contributed by atoms with Crippen LogP contribution in [-0.2, 0) is 23.7 Å². The lowest BCUT2D eigenvalue weighted by Crippen LogP contribution is -2.65. The molecule has 15 heteroatoms. The number of ether oxygens (including phenoxy) is 5. The van der Waals surface area contributed by atoms with E-state index in [4.69, 9.17) is 23.7 Å². The first-order valence-electron chi connectivity index (χ1n) is 10.5. The molecule has 3 heterocycles. The Bertz CT molecular complexity index is 607. The van der Waals surface area contributed by atoms with Gasteiger partial charge in [-0.3, -0.25) is 0 Å². The van der Waals surface area contributed by atoms with Crippen molar-refractivity contribution in [2.24, 2.45) is 0 Å². The highest BCUT2D eigenvalue weighted by molar-refractivity contribution is 4.95. The largest absolute Gasteiger partial charge is 0.394 e. The normalized spacial score (nSPS) is 51.5. The van der Waals surface area contributed by atoms with Crippen LogP contribution in [-0.4, -0.2) is 163 Å². The Hall–Kier alpha value is -0.600. The zero-order chi connectivity index (χ0) is 24.4. The molecule has 15 nitrogen and oxygen atoms in total. The molecule has 0 radical (unpaired) electrons. The summed E-state index contributed by atoms with van der Waals surface area (Å²) in [4.78, 5) is 0. The summed E-state index contributed by atoms with van der Waals surface area (Å²) in [6.07, 6.45) is -21.5. The van der Waals surface area contributed by atoms with Gasteiger partial charge in [-0.25, -0.2) is 0 Å². The molecule has 194 valence electrons. The fourth-order valence-electron chi connectivity index (χ4n) is 3.98. The Morgan fingerprint density at radius 3 is 1.45 bits per heavy atom. The van der Waals surface area contributed by atoms with Gasteiger partial charge in [0.15, 0.2) is 12.6 Å². The minimum atomic E-state index is -1.79. The van der Waals surface area contributed by atoms with Gasteiger partial charge in [0, 0.05) is 0 Å². The first-order chi connectivity index (χ1) is 15.6. The minimum absolute atomic E-state index is 0.334. The molecule has 0 spiro atoms. The molecule has 3 aliphatic heterocycles. The molecule has 3 saturated heterocycles. The molecular formula is C18H32O15. The Kier molecular flexibility index (Phi) is 9.35. The van der Waals surface area contributed by atoms with Crippen LogP contribution in [0.3, 0.4) is 0 Å². The number of rotatable bonds is 7. The predicted molar refractivity (Wildman–Crippen MR) is 100 cm³/mol. The van der Waals surface area contributed by atoms with E-state index in [9.17, 15) is 51.1 Å². The molecule has 0 aliphatic carbocycles. The van der Waals surface area contributed by atoms with Crippen LogP contribution in [0.4, 0.5) is 0 Å². The summed E-state index contributed by atoms with van der Waals surface area (Å²) in [5.41, 5.74) is 0. The van der Waals surface area contributed by atoms with Crippen molar-refractivity contribution in [3.05, 3.63) is 0 Å². The lowest BCUT2D eigenvalue weighted by atomic mass is 9.97. The SMILES string of the molecule is OC[C@H]1O[C@@H](O[C@H]2[C@H](O)[C@@H](CO)OC[C@H]2O[C@H]2O[C@H](CO)[C@@H](O)[C@H](O)[C@H]2O)[C@H](O)[C@@H](O)[C@@H]1O. The number of hydrogen-bond acceptors (Lipinski definition) is 15. The van der Waals surface area contributed by atoms with Crippen molar-refractivity contribution in [3.8, 4) is 0 Å². The van der Waals surface area contributed by atoms with Gasteiger partial charge in [0.1, 0.15) is 73.2 Å². The van der Waals surface area contributed by atoms with Gasteiger partial charge in [-0.15, -0.1) is 0 Å². The van der Waals surface area contributed by atoms with Crippen LogP contribution in [0.2, 0.25) is 0 Å². The Labute approximate surface area is 187 Å². The van der Waals surface area contributed by atoms with Gasteiger partial charge >= 0.3 is 0 Å². The topological polar surface area (TPSA) is 248 Å². The molecule has 0 aromatic carbocycles. The van der Waals surface area contributed by atoms with Crippen LogP contribution in [0.1, 0.15) is 0 Å². The summed E-state index contributed by atoms with van der Waals surface area (Å²) in [6, 6.07) is 0. The summed E-state index contributed by atoms with van der Waals surface area (Å²) >= 11 is 0.